The van der Waals surface area contributed by atoms with Crippen molar-refractivity contribution in [1.82, 2.24) is 10.2 Å². The van der Waals surface area contributed by atoms with Crippen LogP contribution in [0.2, 0.25) is 5.02 Å². The Morgan fingerprint density at radius 2 is 2.00 bits per heavy atom. The maximum atomic E-state index is 12.9. The SMILES string of the molecule is CCOC(=O)NC1CCCN(C(=O)C2CC(=O)N(c3ccc(Cl)cc3)C2)C1. The molecule has 2 unspecified atom stereocenters. The van der Waals surface area contributed by atoms with Gasteiger partial charge in [0.15, 0.2) is 0 Å². The fourth-order valence-electron chi connectivity index (χ4n) is 3.64. The molecule has 2 saturated heterocycles. The van der Waals surface area contributed by atoms with Gasteiger partial charge in [0.1, 0.15) is 0 Å². The van der Waals surface area contributed by atoms with Gasteiger partial charge in [-0.25, -0.2) is 4.79 Å². The molecule has 0 aromatic heterocycles. The maximum absolute atomic E-state index is 12.9. The summed E-state index contributed by atoms with van der Waals surface area (Å²) in [5.74, 6) is -0.460. The first kappa shape index (κ1) is 19.5. The van der Waals surface area contributed by atoms with E-state index in [1.807, 2.05) is 0 Å². The zero-order valence-corrected chi connectivity index (χ0v) is 16.1. The predicted molar refractivity (Wildman–Crippen MR) is 102 cm³/mol. The number of ether oxygens (including phenoxy) is 1. The van der Waals surface area contributed by atoms with Crippen LogP contribution in [0.25, 0.3) is 0 Å². The molecule has 0 radical (unpaired) electrons. The van der Waals surface area contributed by atoms with E-state index < -0.39 is 6.09 Å². The van der Waals surface area contributed by atoms with Crippen LogP contribution in [-0.2, 0) is 14.3 Å². The first-order chi connectivity index (χ1) is 13.0. The molecule has 1 N–H and O–H groups in total. The van der Waals surface area contributed by atoms with Crippen LogP contribution in [0.3, 0.4) is 0 Å². The summed E-state index contributed by atoms with van der Waals surface area (Å²) in [4.78, 5) is 40.3. The number of nitrogens with one attached hydrogen (secondary N) is 1. The number of benzene rings is 1. The smallest absolute Gasteiger partial charge is 0.407 e. The van der Waals surface area contributed by atoms with Gasteiger partial charge in [0.2, 0.25) is 11.8 Å². The van der Waals surface area contributed by atoms with E-state index in [0.717, 1.165) is 18.5 Å². The summed E-state index contributed by atoms with van der Waals surface area (Å²) in [6.45, 7) is 3.52. The van der Waals surface area contributed by atoms with Crippen LogP contribution in [0, 0.1) is 5.92 Å². The highest BCUT2D eigenvalue weighted by molar-refractivity contribution is 6.30. The average Bonchev–Trinajstić information content (AvgIpc) is 3.04. The summed E-state index contributed by atoms with van der Waals surface area (Å²) >= 11 is 5.90. The minimum absolute atomic E-state index is 0.0322. The summed E-state index contributed by atoms with van der Waals surface area (Å²) in [6, 6.07) is 6.91. The minimum Gasteiger partial charge on any atom is -0.450 e. The molecule has 8 heteroatoms. The average molecular weight is 394 g/mol. The van der Waals surface area contributed by atoms with Gasteiger partial charge < -0.3 is 19.9 Å². The highest BCUT2D eigenvalue weighted by Gasteiger charge is 2.38. The normalized spacial score (nSPS) is 22.7. The lowest BCUT2D eigenvalue weighted by atomic mass is 10.0. The molecule has 0 bridgehead atoms. The molecule has 0 saturated carbocycles. The number of carbonyl (C=O) groups excluding carboxylic acids is 3. The minimum atomic E-state index is -0.457. The number of nitrogens with zero attached hydrogens (tertiary/aromatic N) is 2. The molecule has 2 aliphatic rings. The summed E-state index contributed by atoms with van der Waals surface area (Å²) in [6.07, 6.45) is 1.36. The molecule has 2 atom stereocenters. The van der Waals surface area contributed by atoms with Crippen molar-refractivity contribution < 1.29 is 19.1 Å². The van der Waals surface area contributed by atoms with E-state index in [1.54, 1.807) is 41.0 Å². The molecule has 146 valence electrons. The van der Waals surface area contributed by atoms with Crippen LogP contribution in [-0.4, -0.2) is 55.1 Å². The Kier molecular flexibility index (Phi) is 6.21. The van der Waals surface area contributed by atoms with Crippen LogP contribution in [0.1, 0.15) is 26.2 Å². The molecule has 27 heavy (non-hydrogen) atoms. The molecule has 2 heterocycles. The van der Waals surface area contributed by atoms with Crippen molar-refractivity contribution in [3.05, 3.63) is 29.3 Å². The predicted octanol–water partition coefficient (Wildman–Crippen LogP) is 2.43. The molecule has 1 aromatic rings. The van der Waals surface area contributed by atoms with Gasteiger partial charge in [0.05, 0.1) is 12.5 Å². The van der Waals surface area contributed by atoms with Crippen LogP contribution in [0.4, 0.5) is 10.5 Å². The standard InChI is InChI=1S/C19H24ClN3O4/c1-2-27-19(26)21-15-4-3-9-22(12-15)18(25)13-10-17(24)23(11-13)16-7-5-14(20)6-8-16/h5-8,13,15H,2-4,9-12H2,1H3,(H,21,26). The van der Waals surface area contributed by atoms with Crippen molar-refractivity contribution in [1.29, 1.82) is 0 Å². The second kappa shape index (κ2) is 8.61. The number of halogens is 1. The van der Waals surface area contributed by atoms with Gasteiger partial charge in [-0.15, -0.1) is 0 Å². The summed E-state index contributed by atoms with van der Waals surface area (Å²) in [5, 5.41) is 3.40. The quantitative estimate of drug-likeness (QED) is 0.852. The number of likely N-dealkylation sites (tertiary alicyclic amines) is 1. The Balaban J connectivity index is 1.59. The molecular weight excluding hydrogens is 370 g/mol. The number of alkyl carbamates (subject to hydrolysis) is 1. The summed E-state index contributed by atoms with van der Waals surface area (Å²) in [5.41, 5.74) is 0.750. The van der Waals surface area contributed by atoms with E-state index in [0.29, 0.717) is 31.3 Å². The van der Waals surface area contributed by atoms with Crippen molar-refractivity contribution in [2.45, 2.75) is 32.2 Å². The van der Waals surface area contributed by atoms with Gasteiger partial charge in [-0.05, 0) is 44.0 Å². The van der Waals surface area contributed by atoms with Crippen molar-refractivity contribution in [2.24, 2.45) is 5.92 Å². The van der Waals surface area contributed by atoms with E-state index in [1.165, 1.54) is 0 Å². The van der Waals surface area contributed by atoms with Crippen LogP contribution in [0.5, 0.6) is 0 Å². The lowest BCUT2D eigenvalue weighted by Crippen LogP contribution is -2.51. The highest BCUT2D eigenvalue weighted by atomic mass is 35.5. The molecule has 0 aliphatic carbocycles. The van der Waals surface area contributed by atoms with Crippen molar-refractivity contribution in [3.63, 3.8) is 0 Å². The van der Waals surface area contributed by atoms with E-state index >= 15 is 0 Å². The molecular formula is C19H24ClN3O4. The maximum Gasteiger partial charge on any atom is 0.407 e. The second-order valence-corrected chi connectivity index (χ2v) is 7.31. The largest absolute Gasteiger partial charge is 0.450 e. The van der Waals surface area contributed by atoms with Gasteiger partial charge in [-0.2, -0.15) is 0 Å². The monoisotopic (exact) mass is 393 g/mol. The number of hydrogen-bond acceptors (Lipinski definition) is 4. The molecule has 3 amide bonds. The number of carbonyl (C=O) groups is 3. The topological polar surface area (TPSA) is 79.0 Å². The zero-order chi connectivity index (χ0) is 19.4. The Morgan fingerprint density at radius 1 is 1.26 bits per heavy atom. The fourth-order valence-corrected chi connectivity index (χ4v) is 3.76. The van der Waals surface area contributed by atoms with Gasteiger partial charge in [0, 0.05) is 42.8 Å². The summed E-state index contributed by atoms with van der Waals surface area (Å²) in [7, 11) is 0. The van der Waals surface area contributed by atoms with E-state index in [-0.39, 0.29) is 30.2 Å². The van der Waals surface area contributed by atoms with Gasteiger partial charge in [0.25, 0.3) is 0 Å². The second-order valence-electron chi connectivity index (χ2n) is 6.87. The van der Waals surface area contributed by atoms with Crippen LogP contribution >= 0.6 is 11.6 Å². The number of piperidine rings is 1. The van der Waals surface area contributed by atoms with E-state index in [2.05, 4.69) is 5.32 Å². The number of hydrogen-bond donors (Lipinski definition) is 1. The molecule has 3 rings (SSSR count). The number of rotatable bonds is 4. The Labute approximate surface area is 163 Å². The number of amides is 3. The molecule has 2 aliphatic heterocycles. The first-order valence-electron chi connectivity index (χ1n) is 9.26. The van der Waals surface area contributed by atoms with Crippen molar-refractivity contribution in [2.75, 3.05) is 31.1 Å². The van der Waals surface area contributed by atoms with Gasteiger partial charge in [-0.3, -0.25) is 9.59 Å². The third kappa shape index (κ3) is 4.71. The molecule has 7 nitrogen and oxygen atoms in total. The third-order valence-corrected chi connectivity index (χ3v) is 5.20. The Hall–Kier alpha value is -2.28. The van der Waals surface area contributed by atoms with Crippen LogP contribution < -0.4 is 10.2 Å². The Morgan fingerprint density at radius 3 is 2.70 bits per heavy atom. The zero-order valence-electron chi connectivity index (χ0n) is 15.3. The lowest BCUT2D eigenvalue weighted by Gasteiger charge is -2.34. The van der Waals surface area contributed by atoms with Crippen LogP contribution in [0.15, 0.2) is 24.3 Å². The lowest BCUT2D eigenvalue weighted by molar-refractivity contribution is -0.137. The molecule has 2 fully saturated rings. The van der Waals surface area contributed by atoms with Crippen molar-refractivity contribution >= 4 is 35.2 Å². The first-order valence-corrected chi connectivity index (χ1v) is 9.63. The van der Waals surface area contributed by atoms with Gasteiger partial charge >= 0.3 is 6.09 Å². The third-order valence-electron chi connectivity index (χ3n) is 4.94. The van der Waals surface area contributed by atoms with Crippen molar-refractivity contribution in [3.8, 4) is 0 Å². The Bertz CT molecular complexity index is 709. The number of anilines is 1. The van der Waals surface area contributed by atoms with E-state index in [4.69, 9.17) is 16.3 Å². The summed E-state index contributed by atoms with van der Waals surface area (Å²) < 4.78 is 4.91. The molecule has 0 spiro atoms. The van der Waals surface area contributed by atoms with Gasteiger partial charge in [-0.1, -0.05) is 11.6 Å². The molecule has 1 aromatic carbocycles. The fraction of sp³-hybridized carbons (Fsp3) is 0.526. The van der Waals surface area contributed by atoms with E-state index in [9.17, 15) is 14.4 Å². The highest BCUT2D eigenvalue weighted by Crippen LogP contribution is 2.28.